The lowest BCUT2D eigenvalue weighted by molar-refractivity contribution is -0.116. The van der Waals surface area contributed by atoms with Crippen molar-refractivity contribution in [2.75, 3.05) is 12.4 Å². The van der Waals surface area contributed by atoms with E-state index in [0.717, 1.165) is 34.3 Å². The Morgan fingerprint density at radius 2 is 2.15 bits per heavy atom. The molecule has 6 heteroatoms. The lowest BCUT2D eigenvalue weighted by Crippen LogP contribution is -2.11. The van der Waals surface area contributed by atoms with Crippen LogP contribution >= 0.6 is 11.3 Å². The first-order valence-electron chi connectivity index (χ1n) is 8.52. The maximum Gasteiger partial charge on any atom is 0.226 e. The van der Waals surface area contributed by atoms with E-state index >= 15 is 0 Å². The van der Waals surface area contributed by atoms with E-state index in [0.29, 0.717) is 11.6 Å². The highest BCUT2D eigenvalue weighted by molar-refractivity contribution is 7.22. The molecule has 26 heavy (non-hydrogen) atoms. The van der Waals surface area contributed by atoms with Gasteiger partial charge in [0.25, 0.3) is 0 Å². The van der Waals surface area contributed by atoms with Crippen LogP contribution in [0.1, 0.15) is 18.4 Å². The summed E-state index contributed by atoms with van der Waals surface area (Å²) < 4.78 is 6.22. The Balaban J connectivity index is 1.35. The molecule has 0 spiro atoms. The van der Waals surface area contributed by atoms with Gasteiger partial charge in [0.1, 0.15) is 5.75 Å². The van der Waals surface area contributed by atoms with Crippen molar-refractivity contribution >= 4 is 43.5 Å². The van der Waals surface area contributed by atoms with E-state index in [-0.39, 0.29) is 5.91 Å². The molecule has 2 aromatic carbocycles. The Morgan fingerprint density at radius 3 is 3.04 bits per heavy atom. The van der Waals surface area contributed by atoms with Crippen LogP contribution in [0.25, 0.3) is 21.1 Å². The Kier molecular flexibility index (Phi) is 4.58. The second-order valence-electron chi connectivity index (χ2n) is 6.11. The highest BCUT2D eigenvalue weighted by Crippen LogP contribution is 2.29. The van der Waals surface area contributed by atoms with Crippen LogP contribution in [0.15, 0.2) is 48.7 Å². The van der Waals surface area contributed by atoms with Gasteiger partial charge in [0.05, 0.1) is 17.3 Å². The zero-order chi connectivity index (χ0) is 17.9. The largest absolute Gasteiger partial charge is 0.497 e. The van der Waals surface area contributed by atoms with Crippen LogP contribution in [-0.2, 0) is 11.2 Å². The summed E-state index contributed by atoms with van der Waals surface area (Å²) in [6, 6.07) is 13.9. The number of thiazole rings is 1. The summed E-state index contributed by atoms with van der Waals surface area (Å²) in [5.74, 6) is 0.786. The number of para-hydroxylation sites is 1. The van der Waals surface area contributed by atoms with E-state index in [9.17, 15) is 4.79 Å². The number of aromatic amines is 1. The number of anilines is 1. The normalized spacial score (nSPS) is 11.1. The van der Waals surface area contributed by atoms with Crippen molar-refractivity contribution < 1.29 is 9.53 Å². The fourth-order valence-corrected chi connectivity index (χ4v) is 3.96. The van der Waals surface area contributed by atoms with Gasteiger partial charge in [-0.15, -0.1) is 0 Å². The van der Waals surface area contributed by atoms with Gasteiger partial charge in [-0.25, -0.2) is 4.98 Å². The van der Waals surface area contributed by atoms with E-state index in [2.05, 4.69) is 27.4 Å². The molecule has 1 amide bonds. The van der Waals surface area contributed by atoms with Crippen LogP contribution < -0.4 is 10.1 Å². The van der Waals surface area contributed by atoms with Gasteiger partial charge in [-0.05, 0) is 42.7 Å². The van der Waals surface area contributed by atoms with Gasteiger partial charge in [-0.1, -0.05) is 29.5 Å². The number of carbonyl (C=O) groups excluding carboxylic acids is 1. The Hall–Kier alpha value is -2.86. The number of rotatable bonds is 6. The topological polar surface area (TPSA) is 67.0 Å². The first kappa shape index (κ1) is 16.6. The predicted molar refractivity (Wildman–Crippen MR) is 106 cm³/mol. The molecule has 0 atom stereocenters. The summed E-state index contributed by atoms with van der Waals surface area (Å²) in [6.45, 7) is 0. The molecule has 0 fully saturated rings. The molecule has 0 aliphatic carbocycles. The summed E-state index contributed by atoms with van der Waals surface area (Å²) in [7, 11) is 1.64. The zero-order valence-corrected chi connectivity index (χ0v) is 15.2. The molecular formula is C20H19N3O2S. The summed E-state index contributed by atoms with van der Waals surface area (Å²) in [5, 5.41) is 4.77. The minimum Gasteiger partial charge on any atom is -0.497 e. The molecule has 0 saturated heterocycles. The van der Waals surface area contributed by atoms with E-state index in [1.807, 2.05) is 36.5 Å². The van der Waals surface area contributed by atoms with E-state index in [4.69, 9.17) is 4.74 Å². The van der Waals surface area contributed by atoms with E-state index in [1.165, 1.54) is 22.3 Å². The number of amides is 1. The molecule has 2 heterocycles. The summed E-state index contributed by atoms with van der Waals surface area (Å²) in [4.78, 5) is 20.0. The van der Waals surface area contributed by atoms with Crippen LogP contribution in [0, 0.1) is 0 Å². The lowest BCUT2D eigenvalue weighted by atomic mass is 10.1. The molecule has 5 nitrogen and oxygen atoms in total. The number of methoxy groups -OCH3 is 1. The van der Waals surface area contributed by atoms with Gasteiger partial charge in [0, 0.05) is 23.5 Å². The average Bonchev–Trinajstić information content (AvgIpc) is 3.24. The Bertz CT molecular complexity index is 1070. The van der Waals surface area contributed by atoms with Gasteiger partial charge in [-0.2, -0.15) is 0 Å². The second-order valence-corrected chi connectivity index (χ2v) is 7.14. The quantitative estimate of drug-likeness (QED) is 0.518. The number of benzene rings is 2. The van der Waals surface area contributed by atoms with Crippen molar-refractivity contribution in [1.82, 2.24) is 9.97 Å². The minimum atomic E-state index is -0.00383. The number of H-pyrrole nitrogens is 1. The monoisotopic (exact) mass is 365 g/mol. The Morgan fingerprint density at radius 1 is 1.27 bits per heavy atom. The van der Waals surface area contributed by atoms with Crippen LogP contribution in [0.2, 0.25) is 0 Å². The number of hydrogen-bond donors (Lipinski definition) is 2. The van der Waals surface area contributed by atoms with Crippen molar-refractivity contribution in [2.45, 2.75) is 19.3 Å². The summed E-state index contributed by atoms with van der Waals surface area (Å²) in [5.41, 5.74) is 3.25. The number of aryl methyl sites for hydroxylation is 1. The first-order chi connectivity index (χ1) is 12.7. The number of nitrogens with one attached hydrogen (secondary N) is 2. The maximum absolute atomic E-state index is 12.2. The van der Waals surface area contributed by atoms with Gasteiger partial charge in [0.2, 0.25) is 5.91 Å². The van der Waals surface area contributed by atoms with Crippen LogP contribution in [0.5, 0.6) is 5.75 Å². The molecule has 0 aliphatic rings. The van der Waals surface area contributed by atoms with Gasteiger partial charge >= 0.3 is 0 Å². The second kappa shape index (κ2) is 7.17. The molecule has 2 aromatic heterocycles. The third-order valence-corrected chi connectivity index (χ3v) is 5.30. The average molecular weight is 365 g/mol. The van der Waals surface area contributed by atoms with Crippen LogP contribution in [0.3, 0.4) is 0 Å². The summed E-state index contributed by atoms with van der Waals surface area (Å²) >= 11 is 1.46. The first-order valence-corrected chi connectivity index (χ1v) is 9.34. The predicted octanol–water partition coefficient (Wildman–Crippen LogP) is 4.75. The fourth-order valence-electron chi connectivity index (χ4n) is 3.04. The number of hydrogen-bond acceptors (Lipinski definition) is 4. The number of fused-ring (bicyclic) bond motifs is 2. The Labute approximate surface area is 155 Å². The van der Waals surface area contributed by atoms with Crippen molar-refractivity contribution in [2.24, 2.45) is 0 Å². The zero-order valence-electron chi connectivity index (χ0n) is 14.4. The SMILES string of the molecule is COc1ccc2nc(NC(=O)CCCc3c[nH]c4ccccc34)sc2c1. The van der Waals surface area contributed by atoms with E-state index < -0.39 is 0 Å². The number of ether oxygens (including phenoxy) is 1. The van der Waals surface area contributed by atoms with Crippen LogP contribution in [0.4, 0.5) is 5.13 Å². The molecule has 4 rings (SSSR count). The molecule has 0 saturated carbocycles. The number of carbonyl (C=O) groups is 1. The summed E-state index contributed by atoms with van der Waals surface area (Å²) in [6.07, 6.45) is 4.17. The van der Waals surface area contributed by atoms with Gasteiger partial charge in [0.15, 0.2) is 5.13 Å². The third kappa shape index (κ3) is 3.41. The molecule has 0 radical (unpaired) electrons. The maximum atomic E-state index is 12.2. The standard InChI is InChI=1S/C20H19N3O2S/c1-25-14-9-10-17-18(11-14)26-20(22-17)23-19(24)8-4-5-13-12-21-16-7-3-2-6-15(13)16/h2-3,6-7,9-12,21H,4-5,8H2,1H3,(H,22,23,24). The van der Waals surface area contributed by atoms with E-state index in [1.54, 1.807) is 7.11 Å². The highest BCUT2D eigenvalue weighted by Gasteiger charge is 2.09. The lowest BCUT2D eigenvalue weighted by Gasteiger charge is -2.01. The molecule has 4 aromatic rings. The number of nitrogens with zero attached hydrogens (tertiary/aromatic N) is 1. The smallest absolute Gasteiger partial charge is 0.226 e. The fraction of sp³-hybridized carbons (Fsp3) is 0.200. The molecule has 0 unspecified atom stereocenters. The third-order valence-electron chi connectivity index (χ3n) is 4.37. The van der Waals surface area contributed by atoms with Crippen molar-refractivity contribution in [1.29, 1.82) is 0 Å². The van der Waals surface area contributed by atoms with Gasteiger partial charge < -0.3 is 15.0 Å². The van der Waals surface area contributed by atoms with Crippen molar-refractivity contribution in [3.8, 4) is 5.75 Å². The van der Waals surface area contributed by atoms with Crippen molar-refractivity contribution in [3.63, 3.8) is 0 Å². The van der Waals surface area contributed by atoms with Crippen LogP contribution in [-0.4, -0.2) is 23.0 Å². The molecule has 0 aliphatic heterocycles. The molecule has 132 valence electrons. The number of aromatic nitrogens is 2. The molecular weight excluding hydrogens is 346 g/mol. The van der Waals surface area contributed by atoms with Gasteiger partial charge in [-0.3, -0.25) is 4.79 Å². The molecule has 2 N–H and O–H groups in total. The highest BCUT2D eigenvalue weighted by atomic mass is 32.1. The molecule has 0 bridgehead atoms. The van der Waals surface area contributed by atoms with Crippen molar-refractivity contribution in [3.05, 3.63) is 54.2 Å². The minimum absolute atomic E-state index is 0.00383.